The lowest BCUT2D eigenvalue weighted by atomic mass is 10.1. The van der Waals surface area contributed by atoms with Crippen LogP contribution in [0.2, 0.25) is 0 Å². The lowest BCUT2D eigenvalue weighted by Crippen LogP contribution is -2.32. The molecule has 19 heavy (non-hydrogen) atoms. The second-order valence-electron chi connectivity index (χ2n) is 4.83. The van der Waals surface area contributed by atoms with Crippen LogP contribution in [-0.2, 0) is 19.4 Å². The summed E-state index contributed by atoms with van der Waals surface area (Å²) in [6.07, 6.45) is 1.88. The highest BCUT2D eigenvalue weighted by Crippen LogP contribution is 2.18. The van der Waals surface area contributed by atoms with E-state index in [1.54, 1.807) is 6.07 Å². The van der Waals surface area contributed by atoms with E-state index in [0.717, 1.165) is 24.7 Å². The van der Waals surface area contributed by atoms with Crippen LogP contribution in [0.3, 0.4) is 0 Å². The summed E-state index contributed by atoms with van der Waals surface area (Å²) in [7, 11) is 0. The van der Waals surface area contributed by atoms with Crippen LogP contribution in [-0.4, -0.2) is 20.8 Å². The summed E-state index contributed by atoms with van der Waals surface area (Å²) in [6.45, 7) is 0.634. The molecule has 4 nitrogen and oxygen atoms in total. The van der Waals surface area contributed by atoms with Crippen LogP contribution in [0.4, 0.5) is 8.78 Å². The highest BCUT2D eigenvalue weighted by Gasteiger charge is 2.21. The molecule has 0 aliphatic carbocycles. The zero-order valence-corrected chi connectivity index (χ0v) is 10.3. The van der Waals surface area contributed by atoms with E-state index in [2.05, 4.69) is 10.2 Å². The Balaban J connectivity index is 1.92. The van der Waals surface area contributed by atoms with Gasteiger partial charge in [-0.3, -0.25) is 0 Å². The smallest absolute Gasteiger partial charge is 0.162 e. The highest BCUT2D eigenvalue weighted by molar-refractivity contribution is 5.23. The summed E-state index contributed by atoms with van der Waals surface area (Å²) in [6, 6.07) is 4.23. The number of benzene rings is 1. The Kier molecular flexibility index (Phi) is 3.02. The van der Waals surface area contributed by atoms with E-state index in [9.17, 15) is 8.78 Å². The molecule has 2 aromatic rings. The molecule has 1 aliphatic heterocycles. The maximum absolute atomic E-state index is 13.6. The molecule has 2 N–H and O–H groups in total. The molecule has 0 saturated carbocycles. The number of hydrogen-bond donors (Lipinski definition) is 1. The van der Waals surface area contributed by atoms with Crippen molar-refractivity contribution in [2.75, 3.05) is 0 Å². The molecule has 1 aromatic heterocycles. The van der Waals surface area contributed by atoms with E-state index in [-0.39, 0.29) is 18.0 Å². The average molecular weight is 264 g/mol. The minimum atomic E-state index is -0.840. The molecule has 1 unspecified atom stereocenters. The van der Waals surface area contributed by atoms with Gasteiger partial charge in [0, 0.05) is 25.4 Å². The molecule has 3 rings (SSSR count). The minimum Gasteiger partial charge on any atom is -0.326 e. The van der Waals surface area contributed by atoms with Gasteiger partial charge < -0.3 is 10.3 Å². The summed E-state index contributed by atoms with van der Waals surface area (Å²) in [5.74, 6) is -0.157. The van der Waals surface area contributed by atoms with Crippen LogP contribution >= 0.6 is 0 Å². The van der Waals surface area contributed by atoms with Crippen LogP contribution in [0.15, 0.2) is 18.2 Å². The lowest BCUT2D eigenvalue weighted by Gasteiger charge is -2.20. The van der Waals surface area contributed by atoms with Gasteiger partial charge in [0.25, 0.3) is 0 Å². The Morgan fingerprint density at radius 3 is 3.00 bits per heavy atom. The molecule has 0 spiro atoms. The quantitative estimate of drug-likeness (QED) is 0.892. The average Bonchev–Trinajstić information content (AvgIpc) is 2.78. The van der Waals surface area contributed by atoms with E-state index in [1.165, 1.54) is 6.07 Å². The molecule has 100 valence electrons. The molecular formula is C13H14F2N4. The summed E-state index contributed by atoms with van der Waals surface area (Å²) < 4.78 is 28.7. The number of aromatic nitrogens is 3. The van der Waals surface area contributed by atoms with Crippen molar-refractivity contribution in [3.63, 3.8) is 0 Å². The third-order valence-electron chi connectivity index (χ3n) is 3.44. The van der Waals surface area contributed by atoms with E-state index in [1.807, 2.05) is 4.57 Å². The van der Waals surface area contributed by atoms with Crippen LogP contribution in [0.1, 0.15) is 23.6 Å². The SMILES string of the molecule is NC1CCc2nnc(Cc3cccc(F)c3F)n2C1. The first-order valence-corrected chi connectivity index (χ1v) is 6.24. The van der Waals surface area contributed by atoms with Crippen LogP contribution < -0.4 is 5.73 Å². The van der Waals surface area contributed by atoms with E-state index < -0.39 is 11.6 Å². The normalized spacial score (nSPS) is 18.4. The predicted octanol–water partition coefficient (Wildman–Crippen LogP) is 1.42. The maximum Gasteiger partial charge on any atom is 0.162 e. The fraction of sp³-hybridized carbons (Fsp3) is 0.385. The van der Waals surface area contributed by atoms with Gasteiger partial charge in [-0.05, 0) is 18.1 Å². The van der Waals surface area contributed by atoms with E-state index in [0.29, 0.717) is 12.4 Å². The Labute approximate surface area is 109 Å². The maximum atomic E-state index is 13.6. The van der Waals surface area contributed by atoms with Crippen molar-refractivity contribution in [2.24, 2.45) is 5.73 Å². The van der Waals surface area contributed by atoms with Gasteiger partial charge in [0.1, 0.15) is 11.6 Å². The summed E-state index contributed by atoms with van der Waals surface area (Å²) >= 11 is 0. The number of rotatable bonds is 2. The number of aryl methyl sites for hydroxylation is 1. The van der Waals surface area contributed by atoms with Crippen molar-refractivity contribution in [3.8, 4) is 0 Å². The van der Waals surface area contributed by atoms with Gasteiger partial charge in [0.15, 0.2) is 11.6 Å². The predicted molar refractivity (Wildman–Crippen MR) is 65.5 cm³/mol. The van der Waals surface area contributed by atoms with Gasteiger partial charge in [0.2, 0.25) is 0 Å². The molecular weight excluding hydrogens is 250 g/mol. The molecule has 0 amide bonds. The Hall–Kier alpha value is -1.82. The zero-order valence-electron chi connectivity index (χ0n) is 10.3. The van der Waals surface area contributed by atoms with Crippen molar-refractivity contribution in [1.29, 1.82) is 0 Å². The topological polar surface area (TPSA) is 56.7 Å². The molecule has 1 aromatic carbocycles. The number of hydrogen-bond acceptors (Lipinski definition) is 3. The third-order valence-corrected chi connectivity index (χ3v) is 3.44. The first kappa shape index (κ1) is 12.2. The van der Waals surface area contributed by atoms with Crippen molar-refractivity contribution in [3.05, 3.63) is 47.0 Å². The molecule has 1 aliphatic rings. The minimum absolute atomic E-state index is 0.0691. The Morgan fingerprint density at radius 1 is 1.32 bits per heavy atom. The van der Waals surface area contributed by atoms with E-state index in [4.69, 9.17) is 5.73 Å². The first-order valence-electron chi connectivity index (χ1n) is 6.24. The second kappa shape index (κ2) is 4.70. The molecule has 0 bridgehead atoms. The van der Waals surface area contributed by atoms with Crippen LogP contribution in [0, 0.1) is 11.6 Å². The molecule has 0 fully saturated rings. The van der Waals surface area contributed by atoms with Crippen LogP contribution in [0.25, 0.3) is 0 Å². The number of nitrogens with two attached hydrogens (primary N) is 1. The fourth-order valence-electron chi connectivity index (χ4n) is 2.39. The summed E-state index contributed by atoms with van der Waals surface area (Å²) in [4.78, 5) is 0. The van der Waals surface area contributed by atoms with Gasteiger partial charge in [-0.15, -0.1) is 10.2 Å². The Morgan fingerprint density at radius 2 is 2.16 bits per heavy atom. The first-order chi connectivity index (χ1) is 9.15. The highest BCUT2D eigenvalue weighted by atomic mass is 19.2. The van der Waals surface area contributed by atoms with Gasteiger partial charge in [-0.1, -0.05) is 12.1 Å². The number of fused-ring (bicyclic) bond motifs is 1. The van der Waals surface area contributed by atoms with E-state index >= 15 is 0 Å². The fourth-order valence-corrected chi connectivity index (χ4v) is 2.39. The van der Waals surface area contributed by atoms with Crippen molar-refractivity contribution < 1.29 is 8.78 Å². The monoisotopic (exact) mass is 264 g/mol. The standard InChI is InChI=1S/C13H14F2N4/c14-10-3-1-2-8(13(10)15)6-12-18-17-11-5-4-9(16)7-19(11)12/h1-3,9H,4-7,16H2. The molecule has 2 heterocycles. The zero-order chi connectivity index (χ0) is 13.4. The lowest BCUT2D eigenvalue weighted by molar-refractivity contribution is 0.444. The summed E-state index contributed by atoms with van der Waals surface area (Å²) in [5, 5.41) is 8.15. The van der Waals surface area contributed by atoms with Crippen molar-refractivity contribution >= 4 is 0 Å². The van der Waals surface area contributed by atoms with Gasteiger partial charge in [-0.2, -0.15) is 0 Å². The van der Waals surface area contributed by atoms with Gasteiger partial charge in [-0.25, -0.2) is 8.78 Å². The van der Waals surface area contributed by atoms with Crippen LogP contribution in [0.5, 0.6) is 0 Å². The molecule has 0 saturated heterocycles. The van der Waals surface area contributed by atoms with Gasteiger partial charge in [0.05, 0.1) is 0 Å². The molecule has 0 radical (unpaired) electrons. The van der Waals surface area contributed by atoms with Crippen molar-refractivity contribution in [1.82, 2.24) is 14.8 Å². The van der Waals surface area contributed by atoms with Crippen molar-refractivity contribution in [2.45, 2.75) is 31.8 Å². The number of halogens is 2. The largest absolute Gasteiger partial charge is 0.326 e. The Bertz CT molecular complexity index is 609. The molecule has 1 atom stereocenters. The summed E-state index contributed by atoms with van der Waals surface area (Å²) in [5.41, 5.74) is 6.20. The van der Waals surface area contributed by atoms with Gasteiger partial charge >= 0.3 is 0 Å². The second-order valence-corrected chi connectivity index (χ2v) is 4.83. The third kappa shape index (κ3) is 2.23. The number of nitrogens with zero attached hydrogens (tertiary/aromatic N) is 3. The molecule has 6 heteroatoms.